The predicted molar refractivity (Wildman–Crippen MR) is 121 cm³/mol. The number of nitrogens with one attached hydrogen (secondary N) is 2. The number of rotatable bonds is 8. The zero-order chi connectivity index (χ0) is 19.1. The summed E-state index contributed by atoms with van der Waals surface area (Å²) in [5, 5.41) is 24.2. The Bertz CT molecular complexity index is 754. The van der Waals surface area contributed by atoms with Crippen LogP contribution in [0, 0.1) is 24.7 Å². The molecule has 0 saturated carbocycles. The van der Waals surface area contributed by atoms with Crippen molar-refractivity contribution in [1.82, 2.24) is 0 Å². The van der Waals surface area contributed by atoms with Crippen LogP contribution in [-0.2, 0) is 12.8 Å². The second-order valence-corrected chi connectivity index (χ2v) is 6.43. The number of azo groups is 1. The van der Waals surface area contributed by atoms with E-state index in [9.17, 15) is 0 Å². The lowest BCUT2D eigenvalue weighted by molar-refractivity contribution is 0.696. The molecular formula is C20H28Cl2N6. The molecule has 2 rings (SSSR count). The minimum Gasteiger partial charge on any atom is -0.386 e. The molecule has 28 heavy (non-hydrogen) atoms. The molecule has 0 spiro atoms. The van der Waals surface area contributed by atoms with Gasteiger partial charge in [-0.1, -0.05) is 48.5 Å². The third-order valence-electron chi connectivity index (χ3n) is 4.41. The van der Waals surface area contributed by atoms with Gasteiger partial charge in [-0.2, -0.15) is 10.2 Å². The van der Waals surface area contributed by atoms with Crippen molar-refractivity contribution in [2.45, 2.75) is 38.8 Å². The molecule has 2 aromatic rings. The van der Waals surface area contributed by atoms with Crippen molar-refractivity contribution in [2.24, 2.45) is 21.7 Å². The van der Waals surface area contributed by atoms with Crippen LogP contribution < -0.4 is 11.5 Å². The molecule has 0 aromatic heterocycles. The highest BCUT2D eigenvalue weighted by molar-refractivity contribution is 5.86. The van der Waals surface area contributed by atoms with Crippen molar-refractivity contribution in [3.63, 3.8) is 0 Å². The van der Waals surface area contributed by atoms with Crippen LogP contribution in [0.4, 0.5) is 0 Å². The highest BCUT2D eigenvalue weighted by Crippen LogP contribution is 2.15. The van der Waals surface area contributed by atoms with E-state index in [1.165, 1.54) is 0 Å². The van der Waals surface area contributed by atoms with E-state index < -0.39 is 12.1 Å². The van der Waals surface area contributed by atoms with Gasteiger partial charge in [0.2, 0.25) is 0 Å². The number of nitrogens with two attached hydrogens (primary N) is 2. The van der Waals surface area contributed by atoms with Crippen LogP contribution >= 0.6 is 24.8 Å². The summed E-state index contributed by atoms with van der Waals surface area (Å²) in [6, 6.07) is 14.7. The molecule has 0 aliphatic rings. The quantitative estimate of drug-likeness (QED) is 0.291. The molecule has 0 radical (unpaired) electrons. The minimum absolute atomic E-state index is 0. The van der Waals surface area contributed by atoms with Crippen LogP contribution in [0.2, 0.25) is 0 Å². The van der Waals surface area contributed by atoms with E-state index in [4.69, 9.17) is 22.3 Å². The Balaban J connectivity index is 0.00000364. The van der Waals surface area contributed by atoms with Gasteiger partial charge in [-0.3, -0.25) is 10.8 Å². The molecule has 2 unspecified atom stereocenters. The highest BCUT2D eigenvalue weighted by Gasteiger charge is 2.17. The molecule has 0 aliphatic carbocycles. The molecule has 152 valence electrons. The number of benzene rings is 2. The SMILES string of the molecule is Cc1ccccc1CC(N=NC(Cc1ccccc1C)C(=N)N)C(=N)N.Cl.Cl. The Kier molecular flexibility index (Phi) is 11.0. The van der Waals surface area contributed by atoms with Crippen molar-refractivity contribution in [2.75, 3.05) is 0 Å². The second-order valence-electron chi connectivity index (χ2n) is 6.43. The molecule has 0 saturated heterocycles. The van der Waals surface area contributed by atoms with Gasteiger partial charge < -0.3 is 11.5 Å². The molecule has 6 nitrogen and oxygen atoms in total. The van der Waals surface area contributed by atoms with E-state index in [1.54, 1.807) is 0 Å². The number of amidine groups is 2. The Morgan fingerprint density at radius 2 is 1.07 bits per heavy atom. The minimum atomic E-state index is -0.560. The van der Waals surface area contributed by atoms with Gasteiger partial charge in [0, 0.05) is 12.8 Å². The van der Waals surface area contributed by atoms with Crippen LogP contribution in [-0.4, -0.2) is 23.8 Å². The van der Waals surface area contributed by atoms with E-state index in [2.05, 4.69) is 10.2 Å². The third kappa shape index (κ3) is 7.29. The van der Waals surface area contributed by atoms with Crippen molar-refractivity contribution in [1.29, 1.82) is 10.8 Å². The summed E-state index contributed by atoms with van der Waals surface area (Å²) in [5.41, 5.74) is 15.8. The Morgan fingerprint density at radius 1 is 0.750 bits per heavy atom. The Labute approximate surface area is 178 Å². The standard InChI is InChI=1S/C20H26N6.2ClH/c1-13-7-3-5-9-15(13)11-17(19(21)22)25-26-18(20(23)24)12-16-10-6-4-8-14(16)2;;/h3-10,17-18H,11-12H2,1-2H3,(H3,21,22)(H3,23,24);2*1H. The topological polar surface area (TPSA) is 124 Å². The average Bonchev–Trinajstić information content (AvgIpc) is 2.60. The van der Waals surface area contributed by atoms with Crippen LogP contribution in [0.3, 0.4) is 0 Å². The van der Waals surface area contributed by atoms with Gasteiger partial charge in [-0.05, 0) is 36.1 Å². The van der Waals surface area contributed by atoms with E-state index in [0.29, 0.717) is 12.8 Å². The van der Waals surface area contributed by atoms with Crippen LogP contribution in [0.15, 0.2) is 58.8 Å². The molecule has 0 bridgehead atoms. The molecule has 6 N–H and O–H groups in total. The highest BCUT2D eigenvalue weighted by atomic mass is 35.5. The van der Waals surface area contributed by atoms with Crippen LogP contribution in [0.1, 0.15) is 22.3 Å². The van der Waals surface area contributed by atoms with Gasteiger partial charge in [-0.25, -0.2) is 0 Å². The molecule has 8 heteroatoms. The lowest BCUT2D eigenvalue weighted by Gasteiger charge is -2.15. The van der Waals surface area contributed by atoms with E-state index in [1.807, 2.05) is 62.4 Å². The maximum Gasteiger partial charge on any atom is 0.131 e. The zero-order valence-corrected chi connectivity index (χ0v) is 17.7. The number of aryl methyl sites for hydroxylation is 2. The number of hydrogen-bond donors (Lipinski definition) is 4. The van der Waals surface area contributed by atoms with Crippen molar-refractivity contribution >= 4 is 36.5 Å². The summed E-state index contributed by atoms with van der Waals surface area (Å²) in [6.07, 6.45) is 1.00. The molecule has 2 atom stereocenters. The fraction of sp³-hybridized carbons (Fsp3) is 0.300. The first-order chi connectivity index (χ1) is 12.4. The molecule has 2 aromatic carbocycles. The lowest BCUT2D eigenvalue weighted by atomic mass is 10.0. The zero-order valence-electron chi connectivity index (χ0n) is 16.1. The second kappa shape index (κ2) is 12.1. The van der Waals surface area contributed by atoms with Gasteiger partial charge in [0.15, 0.2) is 0 Å². The van der Waals surface area contributed by atoms with E-state index >= 15 is 0 Å². The average molecular weight is 423 g/mol. The lowest BCUT2D eigenvalue weighted by Crippen LogP contribution is -2.31. The van der Waals surface area contributed by atoms with E-state index in [-0.39, 0.29) is 36.5 Å². The summed E-state index contributed by atoms with van der Waals surface area (Å²) in [7, 11) is 0. The molecular weight excluding hydrogens is 395 g/mol. The van der Waals surface area contributed by atoms with Crippen LogP contribution in [0.25, 0.3) is 0 Å². The monoisotopic (exact) mass is 422 g/mol. The summed E-state index contributed by atoms with van der Waals surface area (Å²) in [6.45, 7) is 4.03. The Morgan fingerprint density at radius 3 is 1.36 bits per heavy atom. The summed E-state index contributed by atoms with van der Waals surface area (Å²) < 4.78 is 0. The number of hydrogen-bond acceptors (Lipinski definition) is 4. The van der Waals surface area contributed by atoms with Crippen LogP contribution in [0.5, 0.6) is 0 Å². The number of nitrogens with zero attached hydrogens (tertiary/aromatic N) is 2. The van der Waals surface area contributed by atoms with E-state index in [0.717, 1.165) is 22.3 Å². The molecule has 0 aliphatic heterocycles. The first-order valence-electron chi connectivity index (χ1n) is 8.55. The van der Waals surface area contributed by atoms with Gasteiger partial charge >= 0.3 is 0 Å². The Hall–Kier alpha value is -2.44. The fourth-order valence-corrected chi connectivity index (χ4v) is 2.68. The maximum absolute atomic E-state index is 7.82. The first kappa shape index (κ1) is 25.6. The van der Waals surface area contributed by atoms with Gasteiger partial charge in [-0.15, -0.1) is 24.8 Å². The van der Waals surface area contributed by atoms with Gasteiger partial charge in [0.25, 0.3) is 0 Å². The summed E-state index contributed by atoms with van der Waals surface area (Å²) in [4.78, 5) is 0. The fourth-order valence-electron chi connectivity index (χ4n) is 2.68. The smallest absolute Gasteiger partial charge is 0.131 e. The van der Waals surface area contributed by atoms with Gasteiger partial charge in [0.1, 0.15) is 23.8 Å². The van der Waals surface area contributed by atoms with Gasteiger partial charge in [0.05, 0.1) is 0 Å². The number of halogens is 2. The molecule has 0 fully saturated rings. The molecule has 0 amide bonds. The summed E-state index contributed by atoms with van der Waals surface area (Å²) >= 11 is 0. The first-order valence-corrected chi connectivity index (χ1v) is 8.55. The maximum atomic E-state index is 7.82. The predicted octanol–water partition coefficient (Wildman–Crippen LogP) is 3.99. The normalized spacial score (nSPS) is 12.5. The summed E-state index contributed by atoms with van der Waals surface area (Å²) in [5.74, 6) is -0.0922. The third-order valence-corrected chi connectivity index (χ3v) is 4.41. The molecule has 0 heterocycles. The van der Waals surface area contributed by atoms with Crippen molar-refractivity contribution in [3.05, 3.63) is 70.8 Å². The largest absolute Gasteiger partial charge is 0.386 e. The van der Waals surface area contributed by atoms with Crippen molar-refractivity contribution in [3.8, 4) is 0 Å². The van der Waals surface area contributed by atoms with Crippen molar-refractivity contribution < 1.29 is 0 Å².